The zero-order valence-electron chi connectivity index (χ0n) is 23.6. The van der Waals surface area contributed by atoms with Gasteiger partial charge in [-0.1, -0.05) is 55.8 Å². The predicted octanol–water partition coefficient (Wildman–Crippen LogP) is 6.30. The maximum atomic E-state index is 12.8. The van der Waals surface area contributed by atoms with Crippen LogP contribution in [0, 0.1) is 0 Å². The first-order valence-electron chi connectivity index (χ1n) is 13.2. The molecule has 8 heteroatoms. The van der Waals surface area contributed by atoms with Crippen LogP contribution < -0.4 is 0 Å². The lowest BCUT2D eigenvalue weighted by atomic mass is 9.98. The lowest BCUT2D eigenvalue weighted by molar-refractivity contribution is 0.00704. The van der Waals surface area contributed by atoms with Gasteiger partial charge in [0.2, 0.25) is 10.0 Å². The Labute approximate surface area is 231 Å². The molecule has 0 spiro atoms. The van der Waals surface area contributed by atoms with Crippen molar-refractivity contribution in [3.05, 3.63) is 83.7 Å². The van der Waals surface area contributed by atoms with E-state index in [1.54, 1.807) is 18.2 Å². The van der Waals surface area contributed by atoms with Crippen LogP contribution in [0.15, 0.2) is 71.6 Å². The van der Waals surface area contributed by atoms with Gasteiger partial charge < -0.3 is 9.30 Å². The fourth-order valence-electron chi connectivity index (χ4n) is 4.45. The molecule has 0 fully saturated rings. The van der Waals surface area contributed by atoms with Crippen molar-refractivity contribution in [3.8, 4) is 11.1 Å². The number of unbranched alkanes of at least 4 members (excludes halogenated alkanes) is 1. The van der Waals surface area contributed by atoms with Crippen molar-refractivity contribution in [2.75, 3.05) is 14.1 Å². The molecule has 39 heavy (non-hydrogen) atoms. The molecule has 0 saturated heterocycles. The molecule has 0 aliphatic carbocycles. The number of carbonyl (C=O) groups is 1. The Morgan fingerprint density at radius 2 is 1.69 bits per heavy atom. The molecule has 0 unspecified atom stereocenters. The number of benzene rings is 3. The highest BCUT2D eigenvalue weighted by atomic mass is 32.2. The Hall–Kier alpha value is -3.49. The molecule has 0 aliphatic rings. The molecule has 0 bridgehead atoms. The van der Waals surface area contributed by atoms with Crippen LogP contribution in [0.3, 0.4) is 0 Å². The Kier molecular flexibility index (Phi) is 8.28. The van der Waals surface area contributed by atoms with Crippen LogP contribution in [-0.4, -0.2) is 47.9 Å². The summed E-state index contributed by atoms with van der Waals surface area (Å²) in [6.07, 6.45) is 2.84. The Balaban J connectivity index is 1.67. The van der Waals surface area contributed by atoms with E-state index in [0.29, 0.717) is 17.6 Å². The molecule has 0 aliphatic heterocycles. The minimum atomic E-state index is -3.55. The van der Waals surface area contributed by atoms with Gasteiger partial charge in [-0.05, 0) is 68.1 Å². The summed E-state index contributed by atoms with van der Waals surface area (Å²) in [7, 11) is -0.491. The van der Waals surface area contributed by atoms with Gasteiger partial charge in [-0.25, -0.2) is 22.5 Å². The molecule has 0 amide bonds. The Morgan fingerprint density at radius 1 is 1.00 bits per heavy atom. The van der Waals surface area contributed by atoms with Crippen LogP contribution in [0.2, 0.25) is 0 Å². The van der Waals surface area contributed by atoms with Gasteiger partial charge in [0.1, 0.15) is 11.4 Å². The van der Waals surface area contributed by atoms with E-state index in [2.05, 4.69) is 23.6 Å². The summed E-state index contributed by atoms with van der Waals surface area (Å²) in [4.78, 5) is 17.9. The number of ether oxygens (including phenoxy) is 1. The predicted molar refractivity (Wildman–Crippen MR) is 155 cm³/mol. The monoisotopic (exact) mass is 547 g/mol. The van der Waals surface area contributed by atoms with Gasteiger partial charge in [-0.3, -0.25) is 0 Å². The summed E-state index contributed by atoms with van der Waals surface area (Å²) in [6.45, 7) is 8.32. The van der Waals surface area contributed by atoms with Crippen molar-refractivity contribution in [2.45, 2.75) is 64.0 Å². The fourth-order valence-corrected chi connectivity index (χ4v) is 5.37. The molecule has 4 aromatic rings. The SMILES string of the molecule is CCCCc1nc2cc(S(=O)(=O)N(C)C)ccc2n1Cc1ccc(-c2ccccc2C(=O)OC(C)(C)C)cc1. The number of hydrogen-bond acceptors (Lipinski definition) is 5. The second-order valence-corrected chi connectivity index (χ2v) is 13.1. The largest absolute Gasteiger partial charge is 0.456 e. The van der Waals surface area contributed by atoms with Gasteiger partial charge in [0.25, 0.3) is 0 Å². The third-order valence-corrected chi connectivity index (χ3v) is 8.29. The summed E-state index contributed by atoms with van der Waals surface area (Å²) in [5.74, 6) is 0.592. The Bertz CT molecular complexity index is 1580. The summed E-state index contributed by atoms with van der Waals surface area (Å²) < 4.78 is 34.4. The van der Waals surface area contributed by atoms with Gasteiger partial charge in [-0.15, -0.1) is 0 Å². The maximum Gasteiger partial charge on any atom is 0.339 e. The lowest BCUT2D eigenvalue weighted by Gasteiger charge is -2.20. The number of nitrogens with zero attached hydrogens (tertiary/aromatic N) is 3. The Morgan fingerprint density at radius 3 is 2.33 bits per heavy atom. The normalized spacial score (nSPS) is 12.3. The number of carbonyl (C=O) groups excluding carboxylic acids is 1. The van der Waals surface area contributed by atoms with Crippen LogP contribution in [0.4, 0.5) is 0 Å². The highest BCUT2D eigenvalue weighted by Crippen LogP contribution is 2.28. The van der Waals surface area contributed by atoms with Gasteiger partial charge in [-0.2, -0.15) is 0 Å². The zero-order chi connectivity index (χ0) is 28.4. The van der Waals surface area contributed by atoms with E-state index in [0.717, 1.165) is 47.3 Å². The standard InChI is InChI=1S/C31H37N3O4S/c1-7-8-13-29-32-27-20-24(39(36,37)33(5)6)18-19-28(27)34(29)21-22-14-16-23(17-15-22)25-11-9-10-12-26(25)30(35)38-31(2,3)4/h9-12,14-20H,7-8,13,21H2,1-6H3. The lowest BCUT2D eigenvalue weighted by Crippen LogP contribution is -2.24. The number of aromatic nitrogens is 2. The average molecular weight is 548 g/mol. The molecule has 206 valence electrons. The summed E-state index contributed by atoms with van der Waals surface area (Å²) in [5.41, 5.74) is 4.37. The van der Waals surface area contributed by atoms with Crippen LogP contribution in [0.1, 0.15) is 62.3 Å². The second-order valence-electron chi connectivity index (χ2n) is 10.9. The average Bonchev–Trinajstić information content (AvgIpc) is 3.23. The van der Waals surface area contributed by atoms with Crippen molar-refractivity contribution >= 4 is 27.0 Å². The second kappa shape index (κ2) is 11.3. The van der Waals surface area contributed by atoms with Crippen molar-refractivity contribution < 1.29 is 17.9 Å². The molecule has 0 atom stereocenters. The van der Waals surface area contributed by atoms with Gasteiger partial charge in [0.05, 0.1) is 21.5 Å². The maximum absolute atomic E-state index is 12.8. The quantitative estimate of drug-likeness (QED) is 0.230. The minimum absolute atomic E-state index is 0.236. The van der Waals surface area contributed by atoms with E-state index in [1.807, 2.05) is 57.2 Å². The number of sulfonamides is 1. The van der Waals surface area contributed by atoms with E-state index in [4.69, 9.17) is 9.72 Å². The molecular formula is C31H37N3O4S. The van der Waals surface area contributed by atoms with Gasteiger partial charge >= 0.3 is 5.97 Å². The topological polar surface area (TPSA) is 81.5 Å². The molecular weight excluding hydrogens is 510 g/mol. The number of rotatable bonds is 9. The van der Waals surface area contributed by atoms with Gasteiger partial charge in [0.15, 0.2) is 0 Å². The summed E-state index contributed by atoms with van der Waals surface area (Å²) in [6, 6.07) is 20.8. The van der Waals surface area contributed by atoms with E-state index >= 15 is 0 Å². The van der Waals surface area contributed by atoms with E-state index in [9.17, 15) is 13.2 Å². The van der Waals surface area contributed by atoms with Crippen molar-refractivity contribution in [1.82, 2.24) is 13.9 Å². The molecule has 0 saturated carbocycles. The van der Waals surface area contributed by atoms with Crippen LogP contribution in [0.5, 0.6) is 0 Å². The fraction of sp³-hybridized carbons (Fsp3) is 0.355. The third kappa shape index (κ3) is 6.40. The smallest absolute Gasteiger partial charge is 0.339 e. The minimum Gasteiger partial charge on any atom is -0.456 e. The van der Waals surface area contributed by atoms with E-state index < -0.39 is 15.6 Å². The highest BCUT2D eigenvalue weighted by molar-refractivity contribution is 7.89. The molecule has 4 rings (SSSR count). The highest BCUT2D eigenvalue weighted by Gasteiger charge is 2.22. The van der Waals surface area contributed by atoms with E-state index in [1.165, 1.54) is 18.4 Å². The molecule has 1 aromatic heterocycles. The number of imidazole rings is 1. The first kappa shape index (κ1) is 28.5. The van der Waals surface area contributed by atoms with Crippen molar-refractivity contribution in [3.63, 3.8) is 0 Å². The summed E-state index contributed by atoms with van der Waals surface area (Å²) in [5, 5.41) is 0. The number of aryl methyl sites for hydroxylation is 1. The van der Waals surface area contributed by atoms with Crippen LogP contribution in [0.25, 0.3) is 22.2 Å². The molecule has 3 aromatic carbocycles. The van der Waals surface area contributed by atoms with Crippen LogP contribution in [-0.2, 0) is 27.7 Å². The zero-order valence-corrected chi connectivity index (χ0v) is 24.4. The first-order valence-corrected chi connectivity index (χ1v) is 14.7. The number of hydrogen-bond donors (Lipinski definition) is 0. The van der Waals surface area contributed by atoms with Crippen molar-refractivity contribution in [1.29, 1.82) is 0 Å². The number of esters is 1. The van der Waals surface area contributed by atoms with Gasteiger partial charge in [0, 0.05) is 27.1 Å². The molecule has 1 heterocycles. The first-order chi connectivity index (χ1) is 18.4. The molecule has 0 N–H and O–H groups in total. The van der Waals surface area contributed by atoms with E-state index in [-0.39, 0.29) is 10.9 Å². The van der Waals surface area contributed by atoms with Crippen LogP contribution >= 0.6 is 0 Å². The summed E-state index contributed by atoms with van der Waals surface area (Å²) >= 11 is 0. The third-order valence-electron chi connectivity index (χ3n) is 6.48. The molecule has 7 nitrogen and oxygen atoms in total. The van der Waals surface area contributed by atoms with Crippen molar-refractivity contribution in [2.24, 2.45) is 0 Å². The number of fused-ring (bicyclic) bond motifs is 1. The molecule has 0 radical (unpaired) electrons.